The maximum Gasteiger partial charge on any atom is 0.407 e. The van der Waals surface area contributed by atoms with Gasteiger partial charge in [-0.3, -0.25) is 0 Å². The Hall–Kier alpha value is -3.85. The SMILES string of the molecule is COc1ncc(-c2cc(CC(F)(F)COC(=O)NCC(F)(F)F)c3ncnn3n2)c(OC)n1. The molecule has 0 spiro atoms. The Bertz CT molecular complexity index is 1140. The first-order chi connectivity index (χ1) is 15.5. The molecule has 178 valence electrons. The fourth-order valence-electron chi connectivity index (χ4n) is 2.65. The fraction of sp³-hybridized carbons (Fsp3) is 0.412. The zero-order chi connectivity index (χ0) is 24.2. The molecule has 0 unspecified atom stereocenters. The number of amides is 1. The van der Waals surface area contributed by atoms with Gasteiger partial charge in [0.15, 0.2) is 12.3 Å². The number of nitrogens with one attached hydrogen (secondary N) is 1. The molecule has 0 aromatic carbocycles. The second-order valence-electron chi connectivity index (χ2n) is 6.49. The first-order valence-corrected chi connectivity index (χ1v) is 9.02. The lowest BCUT2D eigenvalue weighted by molar-refractivity contribution is -0.124. The van der Waals surface area contributed by atoms with Crippen molar-refractivity contribution in [2.75, 3.05) is 27.4 Å². The zero-order valence-electron chi connectivity index (χ0n) is 17.1. The third-order valence-electron chi connectivity index (χ3n) is 4.01. The van der Waals surface area contributed by atoms with Crippen molar-refractivity contribution < 1.29 is 41.0 Å². The summed E-state index contributed by atoms with van der Waals surface area (Å²) in [6.45, 7) is -3.18. The minimum absolute atomic E-state index is 0.00476. The number of ether oxygens (including phenoxy) is 3. The van der Waals surface area contributed by atoms with Crippen molar-refractivity contribution in [2.24, 2.45) is 0 Å². The lowest BCUT2D eigenvalue weighted by Crippen LogP contribution is -2.37. The van der Waals surface area contributed by atoms with E-state index in [1.54, 1.807) is 0 Å². The van der Waals surface area contributed by atoms with Crippen LogP contribution in [-0.2, 0) is 11.2 Å². The van der Waals surface area contributed by atoms with Crippen LogP contribution in [0.5, 0.6) is 11.9 Å². The van der Waals surface area contributed by atoms with Crippen LogP contribution in [0.4, 0.5) is 26.7 Å². The first-order valence-electron chi connectivity index (χ1n) is 9.02. The number of halogens is 5. The third kappa shape index (κ3) is 6.11. The molecule has 0 saturated heterocycles. The average Bonchev–Trinajstić information content (AvgIpc) is 3.24. The predicted octanol–water partition coefficient (Wildman–Crippen LogP) is 2.06. The smallest absolute Gasteiger partial charge is 0.407 e. The van der Waals surface area contributed by atoms with Gasteiger partial charge in [-0.05, 0) is 6.07 Å². The third-order valence-corrected chi connectivity index (χ3v) is 4.01. The molecule has 33 heavy (non-hydrogen) atoms. The molecule has 0 fully saturated rings. The molecule has 16 heteroatoms. The van der Waals surface area contributed by atoms with E-state index in [9.17, 15) is 26.7 Å². The predicted molar refractivity (Wildman–Crippen MR) is 99.0 cm³/mol. The van der Waals surface area contributed by atoms with Crippen LogP contribution < -0.4 is 14.8 Å². The van der Waals surface area contributed by atoms with Gasteiger partial charge in [0.05, 0.1) is 19.8 Å². The second kappa shape index (κ2) is 9.33. The average molecular weight is 477 g/mol. The topological polar surface area (TPSA) is 126 Å². The molecular weight excluding hydrogens is 461 g/mol. The summed E-state index contributed by atoms with van der Waals surface area (Å²) in [4.78, 5) is 23.1. The molecule has 0 aliphatic carbocycles. The molecule has 11 nitrogen and oxygen atoms in total. The van der Waals surface area contributed by atoms with Crippen LogP contribution in [0.15, 0.2) is 18.6 Å². The van der Waals surface area contributed by atoms with E-state index in [-0.39, 0.29) is 34.4 Å². The molecule has 0 radical (unpaired) electrons. The van der Waals surface area contributed by atoms with Crippen LogP contribution in [0.3, 0.4) is 0 Å². The summed E-state index contributed by atoms with van der Waals surface area (Å²) in [6.07, 6.45) is -4.92. The highest BCUT2D eigenvalue weighted by molar-refractivity contribution is 5.67. The summed E-state index contributed by atoms with van der Waals surface area (Å²) in [5.41, 5.74) is 0.304. The first kappa shape index (κ1) is 23.8. The Morgan fingerprint density at radius 1 is 1.15 bits per heavy atom. The van der Waals surface area contributed by atoms with Gasteiger partial charge in [0.25, 0.3) is 5.92 Å². The lowest BCUT2D eigenvalue weighted by Gasteiger charge is -2.17. The molecule has 1 N–H and O–H groups in total. The summed E-state index contributed by atoms with van der Waals surface area (Å²) >= 11 is 0. The fourth-order valence-corrected chi connectivity index (χ4v) is 2.65. The molecule has 0 atom stereocenters. The number of carbonyl (C=O) groups is 1. The quantitative estimate of drug-likeness (QED) is 0.485. The summed E-state index contributed by atoms with van der Waals surface area (Å²) in [7, 11) is 2.68. The molecule has 0 bridgehead atoms. The van der Waals surface area contributed by atoms with Gasteiger partial charge in [-0.2, -0.15) is 18.2 Å². The molecule has 0 aliphatic rings. The van der Waals surface area contributed by atoms with E-state index < -0.39 is 37.8 Å². The summed E-state index contributed by atoms with van der Waals surface area (Å²) < 4.78 is 80.6. The number of aromatic nitrogens is 6. The van der Waals surface area contributed by atoms with E-state index in [1.165, 1.54) is 31.8 Å². The van der Waals surface area contributed by atoms with Crippen LogP contribution >= 0.6 is 0 Å². The molecule has 1 amide bonds. The van der Waals surface area contributed by atoms with Gasteiger partial charge in [-0.15, -0.1) is 14.8 Å². The number of alkyl halides is 5. The van der Waals surface area contributed by atoms with Gasteiger partial charge in [-0.25, -0.2) is 23.5 Å². The minimum atomic E-state index is -4.71. The van der Waals surface area contributed by atoms with Gasteiger partial charge in [0.1, 0.15) is 18.6 Å². The number of nitrogens with zero attached hydrogens (tertiary/aromatic N) is 6. The Morgan fingerprint density at radius 2 is 1.91 bits per heavy atom. The summed E-state index contributed by atoms with van der Waals surface area (Å²) in [5.74, 6) is -3.60. The molecule has 3 aromatic rings. The van der Waals surface area contributed by atoms with E-state index in [4.69, 9.17) is 9.47 Å². The van der Waals surface area contributed by atoms with Crippen molar-refractivity contribution in [3.05, 3.63) is 24.2 Å². The number of hydrogen-bond donors (Lipinski definition) is 1. The van der Waals surface area contributed by atoms with E-state index in [0.29, 0.717) is 0 Å². The van der Waals surface area contributed by atoms with Crippen LogP contribution in [0.2, 0.25) is 0 Å². The number of carbonyl (C=O) groups excluding carboxylic acids is 1. The van der Waals surface area contributed by atoms with E-state index in [1.807, 2.05) is 0 Å². The van der Waals surface area contributed by atoms with Gasteiger partial charge in [0.2, 0.25) is 5.88 Å². The molecule has 3 rings (SSSR count). The zero-order valence-corrected chi connectivity index (χ0v) is 17.1. The van der Waals surface area contributed by atoms with Crippen LogP contribution in [-0.4, -0.2) is 75.3 Å². The highest BCUT2D eigenvalue weighted by Gasteiger charge is 2.34. The van der Waals surface area contributed by atoms with Gasteiger partial charge >= 0.3 is 18.3 Å². The molecule has 3 heterocycles. The highest BCUT2D eigenvalue weighted by atomic mass is 19.4. The summed E-state index contributed by atoms with van der Waals surface area (Å²) in [5, 5.41) is 9.37. The maximum atomic E-state index is 14.5. The Kier molecular flexibility index (Phi) is 6.73. The van der Waals surface area contributed by atoms with Gasteiger partial charge < -0.3 is 19.5 Å². The van der Waals surface area contributed by atoms with Crippen molar-refractivity contribution in [2.45, 2.75) is 18.5 Å². The number of methoxy groups -OCH3 is 2. The van der Waals surface area contributed by atoms with E-state index in [0.717, 1.165) is 11.0 Å². The van der Waals surface area contributed by atoms with Crippen molar-refractivity contribution >= 4 is 11.7 Å². The molecule has 3 aromatic heterocycles. The van der Waals surface area contributed by atoms with Gasteiger partial charge in [-0.1, -0.05) is 0 Å². The van der Waals surface area contributed by atoms with Crippen molar-refractivity contribution in [3.8, 4) is 23.1 Å². The number of hydrogen-bond acceptors (Lipinski definition) is 9. The Morgan fingerprint density at radius 3 is 2.58 bits per heavy atom. The standard InChI is InChI=1S/C17H16F5N7O4/c1-31-13-10(5-23-14(27-13)32-2)11-3-9(12-25-8-26-29(12)28-11)4-16(18,19)7-33-15(30)24-6-17(20,21)22/h3,5,8H,4,6-7H2,1-2H3,(H,24,30). The number of rotatable bonds is 8. The molecule has 0 aliphatic heterocycles. The van der Waals surface area contributed by atoms with Gasteiger partial charge in [0, 0.05) is 18.2 Å². The van der Waals surface area contributed by atoms with Crippen molar-refractivity contribution in [1.82, 2.24) is 35.1 Å². The summed E-state index contributed by atoms with van der Waals surface area (Å²) in [6, 6.07) is 1.28. The maximum absolute atomic E-state index is 14.5. The van der Waals surface area contributed by atoms with Crippen molar-refractivity contribution in [1.29, 1.82) is 0 Å². The molecule has 0 saturated carbocycles. The number of fused-ring (bicyclic) bond motifs is 1. The van der Waals surface area contributed by atoms with Crippen LogP contribution in [0.1, 0.15) is 5.56 Å². The van der Waals surface area contributed by atoms with Crippen LogP contribution in [0.25, 0.3) is 16.9 Å². The highest BCUT2D eigenvalue weighted by Crippen LogP contribution is 2.30. The van der Waals surface area contributed by atoms with Crippen molar-refractivity contribution in [3.63, 3.8) is 0 Å². The number of alkyl carbamates (subject to hydrolysis) is 1. The largest absolute Gasteiger partial charge is 0.480 e. The Balaban J connectivity index is 1.83. The lowest BCUT2D eigenvalue weighted by atomic mass is 10.1. The van der Waals surface area contributed by atoms with E-state index in [2.05, 4.69) is 29.9 Å². The normalized spacial score (nSPS) is 12.0. The molecular formula is C17H16F5N7O4. The second-order valence-corrected chi connectivity index (χ2v) is 6.49. The Labute approximate surface area is 181 Å². The monoisotopic (exact) mass is 477 g/mol. The van der Waals surface area contributed by atoms with Crippen LogP contribution in [0, 0.1) is 0 Å². The van der Waals surface area contributed by atoms with E-state index >= 15 is 0 Å². The minimum Gasteiger partial charge on any atom is -0.480 e.